The molecule has 0 saturated carbocycles. The van der Waals surface area contributed by atoms with Crippen LogP contribution in [0.25, 0.3) is 0 Å². The van der Waals surface area contributed by atoms with E-state index in [1.165, 1.54) is 0 Å². The average Bonchev–Trinajstić information content (AvgIpc) is 2.53. The molecule has 0 bridgehead atoms. The molecule has 114 valence electrons. The number of rotatable bonds is 5. The van der Waals surface area contributed by atoms with E-state index in [9.17, 15) is 9.59 Å². The van der Waals surface area contributed by atoms with Gasteiger partial charge in [0, 0.05) is 18.3 Å². The lowest BCUT2D eigenvalue weighted by Crippen LogP contribution is -2.21. The molecule has 22 heavy (non-hydrogen) atoms. The SMILES string of the molecule is CNC(=O)c1cccc(NC(=O)COc2ccccc2C)c1. The van der Waals surface area contributed by atoms with Crippen LogP contribution in [-0.4, -0.2) is 25.5 Å². The molecule has 0 aromatic heterocycles. The second kappa shape index (κ2) is 7.26. The first-order valence-corrected chi connectivity index (χ1v) is 6.90. The molecule has 2 aromatic carbocycles. The van der Waals surface area contributed by atoms with Crippen molar-refractivity contribution in [3.05, 3.63) is 59.7 Å². The molecule has 2 aromatic rings. The zero-order valence-electron chi connectivity index (χ0n) is 12.6. The molecule has 0 saturated heterocycles. The van der Waals surface area contributed by atoms with Crippen LogP contribution in [-0.2, 0) is 4.79 Å². The number of aryl methyl sites for hydroxylation is 1. The summed E-state index contributed by atoms with van der Waals surface area (Å²) in [6.45, 7) is 1.83. The quantitative estimate of drug-likeness (QED) is 0.890. The molecule has 5 nitrogen and oxygen atoms in total. The van der Waals surface area contributed by atoms with Gasteiger partial charge in [0.2, 0.25) is 0 Å². The van der Waals surface area contributed by atoms with Gasteiger partial charge in [-0.1, -0.05) is 24.3 Å². The van der Waals surface area contributed by atoms with Crippen molar-refractivity contribution in [2.45, 2.75) is 6.92 Å². The van der Waals surface area contributed by atoms with E-state index < -0.39 is 0 Å². The Morgan fingerprint density at radius 2 is 1.86 bits per heavy atom. The Kier molecular flexibility index (Phi) is 5.14. The maximum Gasteiger partial charge on any atom is 0.262 e. The molecule has 0 aliphatic rings. The van der Waals surface area contributed by atoms with Gasteiger partial charge in [-0.25, -0.2) is 0 Å². The van der Waals surface area contributed by atoms with Gasteiger partial charge in [0.25, 0.3) is 11.8 Å². The van der Waals surface area contributed by atoms with E-state index in [1.807, 2.05) is 31.2 Å². The third-order valence-electron chi connectivity index (χ3n) is 3.09. The van der Waals surface area contributed by atoms with Crippen LogP contribution in [0.1, 0.15) is 15.9 Å². The molecule has 2 rings (SSSR count). The molecule has 5 heteroatoms. The number of anilines is 1. The van der Waals surface area contributed by atoms with Crippen LogP contribution in [0.15, 0.2) is 48.5 Å². The van der Waals surface area contributed by atoms with E-state index in [2.05, 4.69) is 10.6 Å². The van der Waals surface area contributed by atoms with Gasteiger partial charge in [-0.2, -0.15) is 0 Å². The van der Waals surface area contributed by atoms with Gasteiger partial charge < -0.3 is 15.4 Å². The van der Waals surface area contributed by atoms with Crippen LogP contribution < -0.4 is 15.4 Å². The summed E-state index contributed by atoms with van der Waals surface area (Å²) in [5.74, 6) is 0.196. The van der Waals surface area contributed by atoms with Gasteiger partial charge in [0.15, 0.2) is 6.61 Å². The van der Waals surface area contributed by atoms with Crippen molar-refractivity contribution in [2.24, 2.45) is 0 Å². The van der Waals surface area contributed by atoms with E-state index in [4.69, 9.17) is 4.74 Å². The first-order chi connectivity index (χ1) is 10.6. The van der Waals surface area contributed by atoms with Gasteiger partial charge in [-0.05, 0) is 36.8 Å². The van der Waals surface area contributed by atoms with E-state index in [-0.39, 0.29) is 18.4 Å². The van der Waals surface area contributed by atoms with Gasteiger partial charge in [0.05, 0.1) is 0 Å². The fourth-order valence-electron chi connectivity index (χ4n) is 1.94. The highest BCUT2D eigenvalue weighted by Gasteiger charge is 2.07. The van der Waals surface area contributed by atoms with Crippen molar-refractivity contribution in [2.75, 3.05) is 19.0 Å². The second-order valence-electron chi connectivity index (χ2n) is 4.76. The lowest BCUT2D eigenvalue weighted by molar-refractivity contribution is -0.118. The highest BCUT2D eigenvalue weighted by molar-refractivity contribution is 5.97. The van der Waals surface area contributed by atoms with E-state index in [1.54, 1.807) is 31.3 Å². The number of hydrogen-bond donors (Lipinski definition) is 2. The zero-order valence-corrected chi connectivity index (χ0v) is 12.6. The summed E-state index contributed by atoms with van der Waals surface area (Å²) in [5.41, 5.74) is 2.01. The first-order valence-electron chi connectivity index (χ1n) is 6.90. The smallest absolute Gasteiger partial charge is 0.262 e. The van der Waals surface area contributed by atoms with Crippen LogP contribution in [0.4, 0.5) is 5.69 Å². The molecule has 2 N–H and O–H groups in total. The summed E-state index contributed by atoms with van der Waals surface area (Å²) < 4.78 is 5.48. The number of amides is 2. The predicted octanol–water partition coefficient (Wildman–Crippen LogP) is 2.37. The summed E-state index contributed by atoms with van der Waals surface area (Å²) in [7, 11) is 1.56. The third-order valence-corrected chi connectivity index (χ3v) is 3.09. The lowest BCUT2D eigenvalue weighted by Gasteiger charge is -2.10. The number of hydrogen-bond acceptors (Lipinski definition) is 3. The van der Waals surface area contributed by atoms with Crippen molar-refractivity contribution in [3.63, 3.8) is 0 Å². The van der Waals surface area contributed by atoms with Crippen LogP contribution in [0.5, 0.6) is 5.75 Å². The number of carbonyl (C=O) groups excluding carboxylic acids is 2. The standard InChI is InChI=1S/C17H18N2O3/c1-12-6-3-4-9-15(12)22-11-16(20)19-14-8-5-7-13(10-14)17(21)18-2/h3-10H,11H2,1-2H3,(H,18,21)(H,19,20). The highest BCUT2D eigenvalue weighted by Crippen LogP contribution is 2.16. The normalized spacial score (nSPS) is 9.91. The van der Waals surface area contributed by atoms with Crippen LogP contribution >= 0.6 is 0 Å². The van der Waals surface area contributed by atoms with Crippen molar-refractivity contribution in [1.29, 1.82) is 0 Å². The largest absolute Gasteiger partial charge is 0.483 e. The van der Waals surface area contributed by atoms with Crippen molar-refractivity contribution in [1.82, 2.24) is 5.32 Å². The van der Waals surface area contributed by atoms with E-state index in [0.717, 1.165) is 5.56 Å². The van der Waals surface area contributed by atoms with Crippen LogP contribution in [0.3, 0.4) is 0 Å². The Labute approximate surface area is 129 Å². The predicted molar refractivity (Wildman–Crippen MR) is 85.1 cm³/mol. The minimum absolute atomic E-state index is 0.0882. The molecule has 0 radical (unpaired) electrons. The topological polar surface area (TPSA) is 67.4 Å². The van der Waals surface area contributed by atoms with Crippen LogP contribution in [0.2, 0.25) is 0 Å². The monoisotopic (exact) mass is 298 g/mol. The Morgan fingerprint density at radius 3 is 2.59 bits per heavy atom. The average molecular weight is 298 g/mol. The highest BCUT2D eigenvalue weighted by atomic mass is 16.5. The second-order valence-corrected chi connectivity index (χ2v) is 4.76. The minimum atomic E-state index is -0.280. The summed E-state index contributed by atoms with van der Waals surface area (Å²) in [6, 6.07) is 14.2. The number of carbonyl (C=O) groups is 2. The number of ether oxygens (including phenoxy) is 1. The summed E-state index contributed by atoms with van der Waals surface area (Å²) >= 11 is 0. The molecule has 0 atom stereocenters. The molecule has 0 fully saturated rings. The van der Waals surface area contributed by atoms with E-state index >= 15 is 0 Å². The molecular weight excluding hydrogens is 280 g/mol. The minimum Gasteiger partial charge on any atom is -0.483 e. The maximum atomic E-state index is 11.9. The Hall–Kier alpha value is -2.82. The lowest BCUT2D eigenvalue weighted by atomic mass is 10.2. The van der Waals surface area contributed by atoms with Crippen molar-refractivity contribution < 1.29 is 14.3 Å². The maximum absolute atomic E-state index is 11.9. The first kappa shape index (κ1) is 15.6. The van der Waals surface area contributed by atoms with Crippen molar-refractivity contribution >= 4 is 17.5 Å². The van der Waals surface area contributed by atoms with Gasteiger partial charge >= 0.3 is 0 Å². The molecule has 2 amide bonds. The van der Waals surface area contributed by atoms with Gasteiger partial charge in [-0.3, -0.25) is 9.59 Å². The Bertz CT molecular complexity index is 683. The van der Waals surface area contributed by atoms with Gasteiger partial charge in [0.1, 0.15) is 5.75 Å². The summed E-state index contributed by atoms with van der Waals surface area (Å²) in [6.07, 6.45) is 0. The molecular formula is C17H18N2O3. The van der Waals surface area contributed by atoms with Crippen molar-refractivity contribution in [3.8, 4) is 5.75 Å². The zero-order chi connectivity index (χ0) is 15.9. The number of benzene rings is 2. The summed E-state index contributed by atoms with van der Waals surface area (Å²) in [4.78, 5) is 23.5. The summed E-state index contributed by atoms with van der Waals surface area (Å²) in [5, 5.41) is 5.25. The molecule has 0 heterocycles. The fraction of sp³-hybridized carbons (Fsp3) is 0.176. The Morgan fingerprint density at radius 1 is 1.09 bits per heavy atom. The fourth-order valence-corrected chi connectivity index (χ4v) is 1.94. The number of para-hydroxylation sites is 1. The number of nitrogens with one attached hydrogen (secondary N) is 2. The molecule has 0 unspecified atom stereocenters. The molecule has 0 aliphatic carbocycles. The van der Waals surface area contributed by atoms with Crippen LogP contribution in [0, 0.1) is 6.92 Å². The van der Waals surface area contributed by atoms with Gasteiger partial charge in [-0.15, -0.1) is 0 Å². The molecule has 0 aliphatic heterocycles. The molecule has 0 spiro atoms. The Balaban J connectivity index is 1.95. The third kappa shape index (κ3) is 4.09. The van der Waals surface area contributed by atoms with E-state index in [0.29, 0.717) is 17.0 Å².